The first-order chi connectivity index (χ1) is 12.3. The summed E-state index contributed by atoms with van der Waals surface area (Å²) < 4.78 is 0. The molecular weight excluding hydrogens is 302 g/mol. The van der Waals surface area contributed by atoms with Gasteiger partial charge in [0.25, 0.3) is 0 Å². The minimum absolute atomic E-state index is 1.13. The van der Waals surface area contributed by atoms with Crippen LogP contribution in [0.2, 0.25) is 0 Å². The number of rotatable bonds is 19. The highest BCUT2D eigenvalue weighted by Crippen LogP contribution is 2.11. The van der Waals surface area contributed by atoms with Crippen molar-refractivity contribution in [3.05, 3.63) is 24.3 Å². The third-order valence-electron chi connectivity index (χ3n) is 4.81. The van der Waals surface area contributed by atoms with Crippen LogP contribution in [0, 0.1) is 0 Å². The second-order valence-corrected chi connectivity index (χ2v) is 7.80. The van der Waals surface area contributed by atoms with Crippen LogP contribution in [-0.2, 0) is 0 Å². The van der Waals surface area contributed by atoms with Crippen molar-refractivity contribution in [1.82, 2.24) is 4.90 Å². The molecule has 148 valence electrons. The van der Waals surface area contributed by atoms with Crippen LogP contribution < -0.4 is 0 Å². The molecule has 25 heavy (non-hydrogen) atoms. The van der Waals surface area contributed by atoms with Crippen LogP contribution in [0.15, 0.2) is 24.3 Å². The Morgan fingerprint density at radius 1 is 0.520 bits per heavy atom. The lowest BCUT2D eigenvalue weighted by Crippen LogP contribution is -2.12. The van der Waals surface area contributed by atoms with Gasteiger partial charge in [0.1, 0.15) is 0 Å². The number of unbranched alkanes of at least 4 members (excludes halogenated alkanes) is 13. The minimum atomic E-state index is 1.13. The van der Waals surface area contributed by atoms with Gasteiger partial charge in [-0.25, -0.2) is 0 Å². The average Bonchev–Trinajstić information content (AvgIpc) is 2.60. The molecule has 0 radical (unpaired) electrons. The Morgan fingerprint density at radius 2 is 0.960 bits per heavy atom. The van der Waals surface area contributed by atoms with E-state index in [9.17, 15) is 0 Å². The van der Waals surface area contributed by atoms with Crippen LogP contribution in [0.4, 0.5) is 0 Å². The van der Waals surface area contributed by atoms with Crippen LogP contribution in [0.3, 0.4) is 0 Å². The zero-order valence-corrected chi connectivity index (χ0v) is 17.8. The van der Waals surface area contributed by atoms with Crippen LogP contribution in [-0.4, -0.2) is 25.5 Å². The molecule has 0 unspecified atom stereocenters. The van der Waals surface area contributed by atoms with E-state index >= 15 is 0 Å². The summed E-state index contributed by atoms with van der Waals surface area (Å²) in [6.45, 7) is 3.52. The normalized spacial score (nSPS) is 12.2. The van der Waals surface area contributed by atoms with Gasteiger partial charge < -0.3 is 4.90 Å². The van der Waals surface area contributed by atoms with Crippen LogP contribution in [0.1, 0.15) is 110 Å². The second kappa shape index (κ2) is 21.5. The largest absolute Gasteiger partial charge is 0.309 e. The molecule has 0 saturated heterocycles. The number of hydrogen-bond donors (Lipinski definition) is 0. The van der Waals surface area contributed by atoms with E-state index < -0.39 is 0 Å². The summed E-state index contributed by atoms with van der Waals surface area (Å²) in [6.07, 6.45) is 31.4. The summed E-state index contributed by atoms with van der Waals surface area (Å²) in [6, 6.07) is 0. The third kappa shape index (κ3) is 23.4. The van der Waals surface area contributed by atoms with Crippen LogP contribution >= 0.6 is 0 Å². The van der Waals surface area contributed by atoms with Crippen molar-refractivity contribution < 1.29 is 0 Å². The van der Waals surface area contributed by atoms with E-state index in [0.717, 1.165) is 6.42 Å². The van der Waals surface area contributed by atoms with Crippen molar-refractivity contribution in [2.75, 3.05) is 20.6 Å². The Bertz CT molecular complexity index is 290. The molecule has 0 spiro atoms. The molecule has 0 aromatic rings. The summed E-state index contributed by atoms with van der Waals surface area (Å²) in [5.41, 5.74) is 0. The van der Waals surface area contributed by atoms with Crippen molar-refractivity contribution >= 4 is 0 Å². The summed E-state index contributed by atoms with van der Waals surface area (Å²) in [5, 5.41) is 0. The molecule has 0 heterocycles. The molecule has 0 amide bonds. The number of allylic oxidation sites excluding steroid dienone is 4. The van der Waals surface area contributed by atoms with Crippen molar-refractivity contribution in [1.29, 1.82) is 0 Å². The SMILES string of the molecule is CCCCCC=CCC=CCCCCCCCCCCCCN(C)C. The van der Waals surface area contributed by atoms with Crippen molar-refractivity contribution in [3.8, 4) is 0 Å². The maximum Gasteiger partial charge on any atom is -0.00248 e. The molecule has 0 N–H and O–H groups in total. The molecule has 0 aliphatic heterocycles. The lowest BCUT2D eigenvalue weighted by molar-refractivity contribution is 0.389. The van der Waals surface area contributed by atoms with E-state index in [0.29, 0.717) is 0 Å². The molecule has 0 atom stereocenters. The average molecular weight is 350 g/mol. The molecule has 0 saturated carbocycles. The fourth-order valence-corrected chi connectivity index (χ4v) is 3.12. The highest BCUT2D eigenvalue weighted by Gasteiger charge is 1.94. The molecular formula is C24H47N. The van der Waals surface area contributed by atoms with Crippen molar-refractivity contribution in [2.45, 2.75) is 110 Å². The molecule has 1 nitrogen and oxygen atoms in total. The van der Waals surface area contributed by atoms with E-state index in [1.807, 2.05) is 0 Å². The quantitative estimate of drug-likeness (QED) is 0.169. The predicted molar refractivity (Wildman–Crippen MR) is 116 cm³/mol. The van der Waals surface area contributed by atoms with Gasteiger partial charge in [0, 0.05) is 0 Å². The lowest BCUT2D eigenvalue weighted by atomic mass is 10.1. The molecule has 0 aromatic heterocycles. The van der Waals surface area contributed by atoms with Gasteiger partial charge in [0.15, 0.2) is 0 Å². The minimum Gasteiger partial charge on any atom is -0.309 e. The Kier molecular flexibility index (Phi) is 21.0. The highest BCUT2D eigenvalue weighted by atomic mass is 15.0. The predicted octanol–water partition coefficient (Wildman–Crippen LogP) is 7.92. The first kappa shape index (κ1) is 24.4. The Balaban J connectivity index is 3.12. The van der Waals surface area contributed by atoms with Gasteiger partial charge >= 0.3 is 0 Å². The molecule has 0 fully saturated rings. The molecule has 0 aromatic carbocycles. The van der Waals surface area contributed by atoms with E-state index in [1.54, 1.807) is 0 Å². The highest BCUT2D eigenvalue weighted by molar-refractivity contribution is 4.92. The van der Waals surface area contributed by atoms with E-state index in [-0.39, 0.29) is 0 Å². The first-order valence-electron chi connectivity index (χ1n) is 11.2. The fraction of sp³-hybridized carbons (Fsp3) is 0.833. The summed E-state index contributed by atoms with van der Waals surface area (Å²) in [4.78, 5) is 2.29. The molecule has 0 aliphatic rings. The van der Waals surface area contributed by atoms with Gasteiger partial charge in [-0.05, 0) is 59.2 Å². The van der Waals surface area contributed by atoms with E-state index in [2.05, 4.69) is 50.2 Å². The molecule has 0 bridgehead atoms. The third-order valence-corrected chi connectivity index (χ3v) is 4.81. The van der Waals surface area contributed by atoms with Gasteiger partial charge in [-0.15, -0.1) is 0 Å². The molecule has 0 rings (SSSR count). The van der Waals surface area contributed by atoms with Gasteiger partial charge in [-0.2, -0.15) is 0 Å². The number of nitrogens with zero attached hydrogens (tertiary/aromatic N) is 1. The van der Waals surface area contributed by atoms with Gasteiger partial charge in [0.2, 0.25) is 0 Å². The standard InChI is InChI=1S/C24H47N/c1-4-5-6-7-8-9-10-11-12-13-14-15-16-17-18-19-20-21-22-23-24-25(2)3/h8-9,11-12H,4-7,10,13-24H2,1-3H3. The zero-order valence-electron chi connectivity index (χ0n) is 17.8. The summed E-state index contributed by atoms with van der Waals surface area (Å²) >= 11 is 0. The zero-order chi connectivity index (χ0) is 18.4. The summed E-state index contributed by atoms with van der Waals surface area (Å²) in [7, 11) is 4.34. The first-order valence-corrected chi connectivity index (χ1v) is 11.2. The second-order valence-electron chi connectivity index (χ2n) is 7.80. The summed E-state index contributed by atoms with van der Waals surface area (Å²) in [5.74, 6) is 0. The lowest BCUT2D eigenvalue weighted by Gasteiger charge is -2.08. The van der Waals surface area contributed by atoms with E-state index in [4.69, 9.17) is 0 Å². The Hall–Kier alpha value is -0.560. The molecule has 1 heteroatoms. The van der Waals surface area contributed by atoms with Gasteiger partial charge in [-0.1, -0.05) is 95.4 Å². The molecule has 0 aliphatic carbocycles. The maximum absolute atomic E-state index is 2.38. The van der Waals surface area contributed by atoms with Crippen LogP contribution in [0.25, 0.3) is 0 Å². The van der Waals surface area contributed by atoms with Crippen LogP contribution in [0.5, 0.6) is 0 Å². The monoisotopic (exact) mass is 349 g/mol. The fourth-order valence-electron chi connectivity index (χ4n) is 3.12. The van der Waals surface area contributed by atoms with Crippen molar-refractivity contribution in [2.24, 2.45) is 0 Å². The van der Waals surface area contributed by atoms with Gasteiger partial charge in [0.05, 0.1) is 0 Å². The smallest absolute Gasteiger partial charge is 0.00248 e. The number of hydrogen-bond acceptors (Lipinski definition) is 1. The van der Waals surface area contributed by atoms with E-state index in [1.165, 1.54) is 103 Å². The van der Waals surface area contributed by atoms with Gasteiger partial charge in [-0.3, -0.25) is 0 Å². The topological polar surface area (TPSA) is 3.24 Å². The van der Waals surface area contributed by atoms with Crippen molar-refractivity contribution in [3.63, 3.8) is 0 Å². The maximum atomic E-state index is 2.38. The Labute approximate surface area is 160 Å². The Morgan fingerprint density at radius 3 is 1.44 bits per heavy atom.